The fourth-order valence-corrected chi connectivity index (χ4v) is 2.70. The predicted molar refractivity (Wildman–Crippen MR) is 104 cm³/mol. The largest absolute Gasteiger partial charge is 0.369 e. The van der Waals surface area contributed by atoms with Gasteiger partial charge in [-0.25, -0.2) is 18.1 Å². The Kier molecular flexibility index (Phi) is 6.26. The Morgan fingerprint density at radius 2 is 2.00 bits per heavy atom. The molecular weight excluding hydrogens is 526 g/mol. The fourth-order valence-electron chi connectivity index (χ4n) is 1.65. The van der Waals surface area contributed by atoms with Crippen LogP contribution < -0.4 is 0 Å². The van der Waals surface area contributed by atoms with Gasteiger partial charge in [0, 0.05) is 33.1 Å². The summed E-state index contributed by atoms with van der Waals surface area (Å²) in [5.41, 5.74) is 1.85. The van der Waals surface area contributed by atoms with Gasteiger partial charge in [-0.15, -0.1) is 0 Å². The van der Waals surface area contributed by atoms with Gasteiger partial charge in [0.25, 0.3) is 5.95 Å². The zero-order chi connectivity index (χ0) is 17.0. The van der Waals surface area contributed by atoms with Gasteiger partial charge in [0.1, 0.15) is 5.52 Å². The molecule has 1 saturated heterocycles. The van der Waals surface area contributed by atoms with Gasteiger partial charge in [0.05, 0.1) is 44.5 Å². The highest BCUT2D eigenvalue weighted by molar-refractivity contribution is 14.1. The Labute approximate surface area is 160 Å². The first-order valence-corrected chi connectivity index (χ1v) is 8.64. The Bertz CT molecular complexity index is 742. The number of fused-ring (bicyclic) bond motifs is 1. The van der Waals surface area contributed by atoms with Crippen LogP contribution in [0.4, 0.5) is 5.95 Å². The molecule has 1 aliphatic heterocycles. The third-order valence-corrected chi connectivity index (χ3v) is 4.65. The minimum Gasteiger partial charge on any atom is -0.369 e. The van der Waals surface area contributed by atoms with Crippen LogP contribution in [0.15, 0.2) is 17.4 Å². The summed E-state index contributed by atoms with van der Waals surface area (Å²) in [4.78, 5) is 38.5. The lowest BCUT2D eigenvalue weighted by Gasteiger charge is -2.01. The van der Waals surface area contributed by atoms with E-state index in [9.17, 15) is 9.59 Å². The topological polar surface area (TPSA) is 94.5 Å². The Morgan fingerprint density at radius 3 is 2.52 bits per heavy atom. The van der Waals surface area contributed by atoms with Gasteiger partial charge in [-0.3, -0.25) is 9.59 Å². The molecule has 8 nitrogen and oxygen atoms in total. The number of nitrogens with zero attached hydrogens (tertiary/aromatic N) is 5. The van der Waals surface area contributed by atoms with Gasteiger partial charge in [-0.05, 0) is 22.6 Å². The number of carbonyl (C=O) groups excluding carboxylic acids is 2. The molecular formula is C13H14I2N6O2. The van der Waals surface area contributed by atoms with Crippen LogP contribution in [0.25, 0.3) is 11.0 Å². The van der Waals surface area contributed by atoms with E-state index in [1.807, 2.05) is 25.2 Å². The van der Waals surface area contributed by atoms with E-state index in [0.717, 1.165) is 17.7 Å². The number of nitrogens with one attached hydrogen (secondary N) is 1. The van der Waals surface area contributed by atoms with E-state index in [1.54, 1.807) is 35.4 Å². The van der Waals surface area contributed by atoms with Crippen LogP contribution in [0, 0.1) is 3.57 Å². The molecule has 0 spiro atoms. The summed E-state index contributed by atoms with van der Waals surface area (Å²) in [7, 11) is 3.81. The van der Waals surface area contributed by atoms with E-state index in [0.29, 0.717) is 18.8 Å². The average molecular weight is 540 g/mol. The number of aliphatic imine (C=N–C) groups is 1. The van der Waals surface area contributed by atoms with Crippen molar-refractivity contribution in [2.75, 3.05) is 14.1 Å². The molecule has 0 aliphatic carbocycles. The predicted octanol–water partition coefficient (Wildman–Crippen LogP) is 2.27. The molecule has 0 unspecified atom stereocenters. The standard InChI is InChI=1S/C9H10IN5.C4H4INO2/c1-15(2)5-13-9-12-4-7-8(14-9)6(10)3-11-7;5-6-3(7)1-2-4(6)8/h3-5,11H,1-2H3;1-2H2. The van der Waals surface area contributed by atoms with Gasteiger partial charge in [0.2, 0.25) is 11.8 Å². The maximum Gasteiger partial charge on any atom is 0.251 e. The Morgan fingerprint density at radius 1 is 1.35 bits per heavy atom. The zero-order valence-corrected chi connectivity index (χ0v) is 16.8. The molecule has 0 atom stereocenters. The SMILES string of the molecule is CN(C)C=Nc1ncc2[nH]cc(I)c2n1.O=C1CCC(=O)N1I. The number of aromatic amines is 1. The van der Waals surface area contributed by atoms with Crippen LogP contribution >= 0.6 is 45.5 Å². The summed E-state index contributed by atoms with van der Waals surface area (Å²) in [6.45, 7) is 0. The van der Waals surface area contributed by atoms with Crippen molar-refractivity contribution in [1.82, 2.24) is 23.0 Å². The second-order valence-electron chi connectivity index (χ2n) is 4.85. The maximum absolute atomic E-state index is 10.5. The number of imide groups is 1. The molecule has 23 heavy (non-hydrogen) atoms. The van der Waals surface area contributed by atoms with Gasteiger partial charge in [-0.1, -0.05) is 0 Å². The molecule has 2 aromatic rings. The maximum atomic E-state index is 10.5. The summed E-state index contributed by atoms with van der Waals surface area (Å²) in [5, 5.41) is 0. The normalized spacial score (nSPS) is 14.5. The number of halogens is 2. The van der Waals surface area contributed by atoms with Gasteiger partial charge in [0.15, 0.2) is 0 Å². The van der Waals surface area contributed by atoms with Crippen molar-refractivity contribution in [2.45, 2.75) is 12.8 Å². The first-order chi connectivity index (χ1) is 10.9. The molecule has 0 aromatic carbocycles. The number of aromatic nitrogens is 3. The van der Waals surface area contributed by atoms with Crippen LogP contribution in [-0.2, 0) is 9.59 Å². The number of hydrogen-bond acceptors (Lipinski definition) is 5. The van der Waals surface area contributed by atoms with E-state index in [1.165, 1.54) is 0 Å². The summed E-state index contributed by atoms with van der Waals surface area (Å²) in [5.74, 6) is 0.333. The molecule has 1 N–H and O–H groups in total. The minimum atomic E-state index is -0.0735. The molecule has 0 saturated carbocycles. The molecule has 0 radical (unpaired) electrons. The van der Waals surface area contributed by atoms with Gasteiger partial charge >= 0.3 is 0 Å². The van der Waals surface area contributed by atoms with E-state index < -0.39 is 0 Å². The third-order valence-electron chi connectivity index (χ3n) is 2.75. The van der Waals surface area contributed by atoms with Crippen molar-refractivity contribution in [2.24, 2.45) is 4.99 Å². The van der Waals surface area contributed by atoms with Crippen molar-refractivity contribution in [3.63, 3.8) is 0 Å². The molecule has 3 heterocycles. The first-order valence-electron chi connectivity index (χ1n) is 6.60. The van der Waals surface area contributed by atoms with E-state index >= 15 is 0 Å². The van der Waals surface area contributed by atoms with Crippen LogP contribution in [0.3, 0.4) is 0 Å². The molecule has 10 heteroatoms. The molecule has 1 aliphatic rings. The quantitative estimate of drug-likeness (QED) is 0.208. The molecule has 1 fully saturated rings. The number of carbonyl (C=O) groups is 2. The second-order valence-corrected chi connectivity index (χ2v) is 6.97. The summed E-state index contributed by atoms with van der Waals surface area (Å²) in [6.07, 6.45) is 6.11. The second kappa shape index (κ2) is 7.99. The van der Waals surface area contributed by atoms with E-state index in [4.69, 9.17) is 0 Å². The third kappa shape index (κ3) is 4.83. The zero-order valence-electron chi connectivity index (χ0n) is 12.5. The fraction of sp³-hybridized carbons (Fsp3) is 0.308. The summed E-state index contributed by atoms with van der Waals surface area (Å²) in [6, 6.07) is 0. The molecule has 3 rings (SSSR count). The van der Waals surface area contributed by atoms with Crippen molar-refractivity contribution in [3.8, 4) is 0 Å². The Hall–Kier alpha value is -1.31. The van der Waals surface area contributed by atoms with Crippen LogP contribution in [0.2, 0.25) is 0 Å². The number of rotatable bonds is 2. The van der Waals surface area contributed by atoms with Crippen molar-refractivity contribution < 1.29 is 9.59 Å². The average Bonchev–Trinajstić information content (AvgIpc) is 3.03. The highest BCUT2D eigenvalue weighted by atomic mass is 127. The van der Waals surface area contributed by atoms with Crippen molar-refractivity contribution in [3.05, 3.63) is 16.0 Å². The molecule has 2 amide bonds. The van der Waals surface area contributed by atoms with Crippen LogP contribution in [0.1, 0.15) is 12.8 Å². The number of amides is 2. The lowest BCUT2D eigenvalue weighted by Crippen LogP contribution is -2.16. The number of H-pyrrole nitrogens is 1. The molecule has 122 valence electrons. The lowest BCUT2D eigenvalue weighted by molar-refractivity contribution is -0.130. The van der Waals surface area contributed by atoms with E-state index in [2.05, 4.69) is 42.5 Å². The Balaban J connectivity index is 0.000000203. The highest BCUT2D eigenvalue weighted by Gasteiger charge is 2.26. The summed E-state index contributed by atoms with van der Waals surface area (Å²) >= 11 is 3.95. The van der Waals surface area contributed by atoms with Crippen molar-refractivity contribution >= 4 is 80.6 Å². The van der Waals surface area contributed by atoms with Gasteiger partial charge in [-0.2, -0.15) is 0 Å². The van der Waals surface area contributed by atoms with E-state index in [-0.39, 0.29) is 11.8 Å². The first kappa shape index (κ1) is 18.0. The van der Waals surface area contributed by atoms with Crippen LogP contribution in [0.5, 0.6) is 0 Å². The smallest absolute Gasteiger partial charge is 0.251 e. The van der Waals surface area contributed by atoms with Crippen LogP contribution in [-0.4, -0.2) is 55.2 Å². The number of hydrogen-bond donors (Lipinski definition) is 1. The monoisotopic (exact) mass is 540 g/mol. The lowest BCUT2D eigenvalue weighted by atomic mass is 10.4. The van der Waals surface area contributed by atoms with Crippen molar-refractivity contribution in [1.29, 1.82) is 0 Å². The highest BCUT2D eigenvalue weighted by Crippen LogP contribution is 2.18. The van der Waals surface area contributed by atoms with Gasteiger partial charge < -0.3 is 9.88 Å². The molecule has 2 aromatic heterocycles. The minimum absolute atomic E-state index is 0.0735. The molecule has 0 bridgehead atoms. The summed E-state index contributed by atoms with van der Waals surface area (Å²) < 4.78 is 2.21.